The van der Waals surface area contributed by atoms with E-state index in [1.807, 2.05) is 6.08 Å². The largest absolute Gasteiger partial charge is 0.305 e. The van der Waals surface area contributed by atoms with E-state index in [1.54, 1.807) is 6.21 Å². The van der Waals surface area contributed by atoms with E-state index in [4.69, 9.17) is 0 Å². The predicted molar refractivity (Wildman–Crippen MR) is 62.4 cm³/mol. The number of rotatable bonds is 3. The minimum Gasteiger partial charge on any atom is -0.305 e. The molecule has 1 aliphatic rings. The molecule has 2 rings (SSSR count). The van der Waals surface area contributed by atoms with Crippen molar-refractivity contribution in [3.63, 3.8) is 0 Å². The van der Waals surface area contributed by atoms with Crippen LogP contribution in [0.1, 0.15) is 11.1 Å². The highest BCUT2D eigenvalue weighted by atomic mass is 15.3. The lowest BCUT2D eigenvalue weighted by molar-refractivity contribution is 0.402. The van der Waals surface area contributed by atoms with Crippen LogP contribution in [0.5, 0.6) is 0 Å². The van der Waals surface area contributed by atoms with Gasteiger partial charge in [0.1, 0.15) is 0 Å². The summed E-state index contributed by atoms with van der Waals surface area (Å²) in [6.45, 7) is 0.946. The van der Waals surface area contributed by atoms with Gasteiger partial charge in [-0.05, 0) is 31.8 Å². The molecule has 3 nitrogen and oxygen atoms in total. The van der Waals surface area contributed by atoms with Crippen molar-refractivity contribution in [2.24, 2.45) is 5.10 Å². The minimum absolute atomic E-state index is 0.940. The Kier molecular flexibility index (Phi) is 2.83. The predicted octanol–water partition coefficient (Wildman–Crippen LogP) is 1.69. The highest BCUT2D eigenvalue weighted by Gasteiger charge is 2.06. The van der Waals surface area contributed by atoms with Crippen molar-refractivity contribution in [3.05, 3.63) is 41.5 Å². The van der Waals surface area contributed by atoms with Gasteiger partial charge in [0.2, 0.25) is 0 Å². The van der Waals surface area contributed by atoms with Crippen molar-refractivity contribution in [2.45, 2.75) is 6.54 Å². The molecule has 77 valence electrons. The van der Waals surface area contributed by atoms with Gasteiger partial charge in [0.15, 0.2) is 0 Å². The summed E-state index contributed by atoms with van der Waals surface area (Å²) in [4.78, 5) is 2.15. The molecule has 0 aromatic heterocycles. The van der Waals surface area contributed by atoms with Crippen molar-refractivity contribution in [2.75, 3.05) is 14.1 Å². The van der Waals surface area contributed by atoms with E-state index in [0.717, 1.165) is 17.8 Å². The lowest BCUT2D eigenvalue weighted by Gasteiger charge is -2.10. The fourth-order valence-electron chi connectivity index (χ4n) is 1.58. The fourth-order valence-corrected chi connectivity index (χ4v) is 1.58. The lowest BCUT2D eigenvalue weighted by Crippen LogP contribution is -2.10. The maximum atomic E-state index is 4.04. The molecule has 0 amide bonds. The Bertz CT molecular complexity index is 405. The van der Waals surface area contributed by atoms with Gasteiger partial charge in [0.05, 0.1) is 11.9 Å². The second-order valence-corrected chi connectivity index (χ2v) is 3.85. The Balaban J connectivity index is 2.19. The molecule has 15 heavy (non-hydrogen) atoms. The number of hydrogen-bond acceptors (Lipinski definition) is 2. The number of allylic oxidation sites excluding steroid dienone is 1. The SMILES string of the molecule is CN(C)Cc1cccc(C2=CC=N[N]2)c1. The van der Waals surface area contributed by atoms with Crippen LogP contribution in [0.4, 0.5) is 0 Å². The number of benzene rings is 1. The number of hydrogen-bond donors (Lipinski definition) is 0. The summed E-state index contributed by atoms with van der Waals surface area (Å²) in [5.74, 6) is 0. The highest BCUT2D eigenvalue weighted by Crippen LogP contribution is 2.16. The van der Waals surface area contributed by atoms with Gasteiger partial charge in [0.25, 0.3) is 0 Å². The third-order valence-corrected chi connectivity index (χ3v) is 2.19. The molecule has 0 fully saturated rings. The number of nitrogens with zero attached hydrogens (tertiary/aromatic N) is 3. The summed E-state index contributed by atoms with van der Waals surface area (Å²) in [7, 11) is 4.13. The highest BCUT2D eigenvalue weighted by molar-refractivity contribution is 5.87. The second-order valence-electron chi connectivity index (χ2n) is 3.85. The maximum absolute atomic E-state index is 4.04. The van der Waals surface area contributed by atoms with Gasteiger partial charge in [-0.25, -0.2) is 0 Å². The lowest BCUT2D eigenvalue weighted by atomic mass is 10.1. The van der Waals surface area contributed by atoms with Gasteiger partial charge in [-0.15, -0.1) is 0 Å². The molecule has 1 radical (unpaired) electrons. The molecular formula is C12H14N3. The molecule has 0 saturated carbocycles. The van der Waals surface area contributed by atoms with Crippen LogP contribution in [-0.4, -0.2) is 25.2 Å². The first-order valence-corrected chi connectivity index (χ1v) is 4.94. The van der Waals surface area contributed by atoms with E-state index in [0.29, 0.717) is 0 Å². The summed E-state index contributed by atoms with van der Waals surface area (Å²) in [5.41, 5.74) is 7.41. The molecule has 0 unspecified atom stereocenters. The van der Waals surface area contributed by atoms with Gasteiger partial charge in [0, 0.05) is 12.1 Å². The normalized spacial score (nSPS) is 14.2. The van der Waals surface area contributed by atoms with Gasteiger partial charge in [-0.2, -0.15) is 10.5 Å². The van der Waals surface area contributed by atoms with Crippen molar-refractivity contribution < 1.29 is 0 Å². The van der Waals surface area contributed by atoms with Crippen molar-refractivity contribution in [1.29, 1.82) is 0 Å². The Morgan fingerprint density at radius 1 is 1.27 bits per heavy atom. The topological polar surface area (TPSA) is 29.7 Å². The molecular weight excluding hydrogens is 186 g/mol. The first-order valence-electron chi connectivity index (χ1n) is 4.94. The van der Waals surface area contributed by atoms with Crippen LogP contribution in [0.2, 0.25) is 0 Å². The molecule has 0 aliphatic carbocycles. The van der Waals surface area contributed by atoms with Crippen molar-refractivity contribution in [1.82, 2.24) is 10.3 Å². The van der Waals surface area contributed by atoms with Gasteiger partial charge >= 0.3 is 0 Å². The van der Waals surface area contributed by atoms with Gasteiger partial charge in [-0.3, -0.25) is 0 Å². The van der Waals surface area contributed by atoms with E-state index in [-0.39, 0.29) is 0 Å². The maximum Gasteiger partial charge on any atom is 0.0945 e. The Morgan fingerprint density at radius 2 is 2.13 bits per heavy atom. The van der Waals surface area contributed by atoms with E-state index >= 15 is 0 Å². The molecule has 0 N–H and O–H groups in total. The Hall–Kier alpha value is -1.61. The zero-order valence-corrected chi connectivity index (χ0v) is 9.01. The van der Waals surface area contributed by atoms with E-state index in [9.17, 15) is 0 Å². The van der Waals surface area contributed by atoms with Crippen molar-refractivity contribution in [3.8, 4) is 0 Å². The smallest absolute Gasteiger partial charge is 0.0945 e. The summed E-state index contributed by atoms with van der Waals surface area (Å²) in [6, 6.07) is 8.40. The summed E-state index contributed by atoms with van der Waals surface area (Å²) in [6.07, 6.45) is 3.64. The first kappa shape index (κ1) is 9.93. The second kappa shape index (κ2) is 4.28. The monoisotopic (exact) mass is 200 g/mol. The first-order chi connectivity index (χ1) is 7.25. The van der Waals surface area contributed by atoms with Crippen LogP contribution in [0.3, 0.4) is 0 Å². The fraction of sp³-hybridized carbons (Fsp3) is 0.250. The van der Waals surface area contributed by atoms with Crippen molar-refractivity contribution >= 4 is 11.9 Å². The summed E-state index contributed by atoms with van der Waals surface area (Å²) < 4.78 is 0. The zero-order chi connectivity index (χ0) is 10.7. The quantitative estimate of drug-likeness (QED) is 0.730. The summed E-state index contributed by atoms with van der Waals surface area (Å²) in [5, 5.41) is 3.83. The minimum atomic E-state index is 0.940. The Morgan fingerprint density at radius 3 is 2.80 bits per heavy atom. The van der Waals surface area contributed by atoms with E-state index < -0.39 is 0 Å². The molecule has 1 heterocycles. The van der Waals surface area contributed by atoms with E-state index in [1.165, 1.54) is 5.56 Å². The molecule has 0 atom stereocenters. The molecule has 1 aromatic carbocycles. The van der Waals surface area contributed by atoms with Crippen LogP contribution in [-0.2, 0) is 6.54 Å². The van der Waals surface area contributed by atoms with Gasteiger partial charge < -0.3 is 4.90 Å². The molecule has 1 aliphatic heterocycles. The molecule has 3 heteroatoms. The van der Waals surface area contributed by atoms with Crippen LogP contribution < -0.4 is 5.43 Å². The van der Waals surface area contributed by atoms with E-state index in [2.05, 4.69) is 53.8 Å². The third kappa shape index (κ3) is 2.44. The zero-order valence-electron chi connectivity index (χ0n) is 9.01. The molecule has 0 bridgehead atoms. The third-order valence-electron chi connectivity index (χ3n) is 2.19. The summed E-state index contributed by atoms with van der Waals surface area (Å²) >= 11 is 0. The van der Waals surface area contributed by atoms with Crippen LogP contribution >= 0.6 is 0 Å². The van der Waals surface area contributed by atoms with Crippen LogP contribution in [0.15, 0.2) is 35.4 Å². The average Bonchev–Trinajstić information content (AvgIpc) is 2.69. The van der Waals surface area contributed by atoms with Gasteiger partial charge in [-0.1, -0.05) is 18.2 Å². The van der Waals surface area contributed by atoms with Crippen LogP contribution in [0, 0.1) is 0 Å². The van der Waals surface area contributed by atoms with Crippen LogP contribution in [0.25, 0.3) is 5.70 Å². The standard InChI is InChI=1S/C12H14N3/c1-15(2)9-10-4-3-5-11(8-10)12-6-7-13-14-12/h3-8H,9H2,1-2H3. The molecule has 0 spiro atoms. The molecule has 0 saturated heterocycles. The molecule has 1 aromatic rings. The average molecular weight is 200 g/mol. The Labute approximate surface area is 90.1 Å².